The highest BCUT2D eigenvalue weighted by Gasteiger charge is 2.28. The maximum absolute atomic E-state index is 6.11. The van der Waals surface area contributed by atoms with Crippen molar-refractivity contribution in [3.05, 3.63) is 35.0 Å². The molecule has 126 valence electrons. The highest BCUT2D eigenvalue weighted by molar-refractivity contribution is 5.85. The zero-order valence-corrected chi connectivity index (χ0v) is 15.3. The van der Waals surface area contributed by atoms with E-state index >= 15 is 0 Å². The molecular formula is C20H31N3. The first-order valence-electron chi connectivity index (χ1n) is 8.90. The van der Waals surface area contributed by atoms with Crippen molar-refractivity contribution in [3.8, 4) is 0 Å². The number of nitrogens with zero attached hydrogens (tertiary/aromatic N) is 2. The normalized spacial score (nSPS) is 17.0. The van der Waals surface area contributed by atoms with Crippen molar-refractivity contribution in [1.29, 1.82) is 0 Å². The first kappa shape index (κ1) is 16.5. The predicted octanol–water partition coefficient (Wildman–Crippen LogP) is 3.96. The summed E-state index contributed by atoms with van der Waals surface area (Å²) in [5.41, 5.74) is 12.1. The average molecular weight is 313 g/mol. The Balaban J connectivity index is 1.92. The van der Waals surface area contributed by atoms with Gasteiger partial charge >= 0.3 is 0 Å². The maximum Gasteiger partial charge on any atom is 0.0484 e. The Bertz CT molecular complexity index is 706. The number of hydrogen-bond donors (Lipinski definition) is 1. The molecule has 1 aromatic carbocycles. The molecule has 0 spiro atoms. The second-order valence-electron chi connectivity index (χ2n) is 8.14. The van der Waals surface area contributed by atoms with E-state index in [2.05, 4.69) is 62.5 Å². The molecule has 0 amide bonds. The van der Waals surface area contributed by atoms with E-state index in [9.17, 15) is 0 Å². The van der Waals surface area contributed by atoms with Crippen LogP contribution in [0.15, 0.2) is 18.3 Å². The van der Waals surface area contributed by atoms with Crippen molar-refractivity contribution in [2.75, 3.05) is 0 Å². The molecule has 0 bridgehead atoms. The van der Waals surface area contributed by atoms with Crippen LogP contribution in [0.1, 0.15) is 57.2 Å². The van der Waals surface area contributed by atoms with Crippen molar-refractivity contribution < 1.29 is 0 Å². The summed E-state index contributed by atoms with van der Waals surface area (Å²) < 4.78 is 2.28. The summed E-state index contributed by atoms with van der Waals surface area (Å²) in [4.78, 5) is 2.56. The van der Waals surface area contributed by atoms with Crippen LogP contribution in [0.5, 0.6) is 0 Å². The lowest BCUT2D eigenvalue weighted by Crippen LogP contribution is -2.36. The van der Waals surface area contributed by atoms with Gasteiger partial charge in [0.2, 0.25) is 0 Å². The number of rotatable bonds is 4. The molecule has 0 fully saturated rings. The van der Waals surface area contributed by atoms with Gasteiger partial charge in [-0.25, -0.2) is 0 Å². The standard InChI is InChI=1S/C20H31N3/c1-6-17(21)8-7-14-11-22(5)19-10-16-13-23(20(2,3)4)12-15(16)9-18(14)19/h9-11,17H,6-8,12-13,21H2,1-5H3. The van der Waals surface area contributed by atoms with Gasteiger partial charge in [-0.1, -0.05) is 6.92 Å². The van der Waals surface area contributed by atoms with Crippen molar-refractivity contribution in [1.82, 2.24) is 9.47 Å². The Morgan fingerprint density at radius 1 is 1.17 bits per heavy atom. The van der Waals surface area contributed by atoms with E-state index < -0.39 is 0 Å². The smallest absolute Gasteiger partial charge is 0.0484 e. The maximum atomic E-state index is 6.11. The van der Waals surface area contributed by atoms with Crippen molar-refractivity contribution in [2.45, 2.75) is 71.6 Å². The van der Waals surface area contributed by atoms with Crippen LogP contribution in [0.3, 0.4) is 0 Å². The zero-order valence-electron chi connectivity index (χ0n) is 15.3. The minimum absolute atomic E-state index is 0.224. The van der Waals surface area contributed by atoms with Gasteiger partial charge in [0.05, 0.1) is 0 Å². The number of fused-ring (bicyclic) bond motifs is 2. The van der Waals surface area contributed by atoms with Gasteiger partial charge in [0.15, 0.2) is 0 Å². The summed E-state index contributed by atoms with van der Waals surface area (Å²) in [7, 11) is 2.16. The molecule has 2 N–H and O–H groups in total. The molecule has 1 atom stereocenters. The Labute approximate surface area is 140 Å². The lowest BCUT2D eigenvalue weighted by Gasteiger charge is -2.31. The predicted molar refractivity (Wildman–Crippen MR) is 98.5 cm³/mol. The van der Waals surface area contributed by atoms with E-state index in [1.165, 1.54) is 27.6 Å². The molecule has 3 heteroatoms. The van der Waals surface area contributed by atoms with Gasteiger partial charge in [0.1, 0.15) is 0 Å². The molecule has 1 unspecified atom stereocenters. The fraction of sp³-hybridized carbons (Fsp3) is 0.600. The molecule has 2 aromatic rings. The first-order chi connectivity index (χ1) is 10.8. The van der Waals surface area contributed by atoms with Gasteiger partial charge in [-0.05, 0) is 68.9 Å². The van der Waals surface area contributed by atoms with Crippen LogP contribution in [-0.2, 0) is 26.6 Å². The number of aryl methyl sites for hydroxylation is 2. The van der Waals surface area contributed by atoms with Crippen LogP contribution in [0.4, 0.5) is 0 Å². The lowest BCUT2D eigenvalue weighted by atomic mass is 10.0. The third-order valence-electron chi connectivity index (χ3n) is 5.37. The summed E-state index contributed by atoms with van der Waals surface area (Å²) in [6.45, 7) is 11.2. The lowest BCUT2D eigenvalue weighted by molar-refractivity contribution is 0.136. The SMILES string of the molecule is CCC(N)CCc1cn(C)c2cc3c(cc12)CN(C(C)(C)C)C3. The Morgan fingerprint density at radius 3 is 2.43 bits per heavy atom. The second-order valence-corrected chi connectivity index (χ2v) is 8.14. The van der Waals surface area contributed by atoms with Crippen LogP contribution in [0, 0.1) is 0 Å². The molecule has 0 saturated carbocycles. The molecule has 2 heterocycles. The van der Waals surface area contributed by atoms with E-state index in [1.54, 1.807) is 0 Å². The van der Waals surface area contributed by atoms with Gasteiger partial charge in [0, 0.05) is 48.8 Å². The van der Waals surface area contributed by atoms with Crippen LogP contribution < -0.4 is 5.73 Å². The van der Waals surface area contributed by atoms with Gasteiger partial charge in [-0.3, -0.25) is 4.90 Å². The van der Waals surface area contributed by atoms with Crippen LogP contribution in [-0.4, -0.2) is 21.0 Å². The molecule has 1 aromatic heterocycles. The van der Waals surface area contributed by atoms with Crippen LogP contribution >= 0.6 is 0 Å². The Kier molecular flexibility index (Phi) is 4.28. The van der Waals surface area contributed by atoms with Crippen LogP contribution in [0.25, 0.3) is 10.9 Å². The van der Waals surface area contributed by atoms with Gasteiger partial charge < -0.3 is 10.3 Å². The topological polar surface area (TPSA) is 34.2 Å². The molecule has 1 aliphatic rings. The molecule has 3 rings (SSSR count). The minimum Gasteiger partial charge on any atom is -0.350 e. The van der Waals surface area contributed by atoms with E-state index in [0.717, 1.165) is 32.4 Å². The summed E-state index contributed by atoms with van der Waals surface area (Å²) in [6.07, 6.45) is 5.50. The monoisotopic (exact) mass is 313 g/mol. The molecular weight excluding hydrogens is 282 g/mol. The van der Waals surface area contributed by atoms with Gasteiger partial charge in [-0.15, -0.1) is 0 Å². The largest absolute Gasteiger partial charge is 0.350 e. The number of hydrogen-bond acceptors (Lipinski definition) is 2. The third-order valence-corrected chi connectivity index (χ3v) is 5.37. The fourth-order valence-electron chi connectivity index (χ4n) is 3.58. The molecule has 1 aliphatic heterocycles. The highest BCUT2D eigenvalue weighted by atomic mass is 15.2. The quantitative estimate of drug-likeness (QED) is 0.927. The van der Waals surface area contributed by atoms with Gasteiger partial charge in [0.25, 0.3) is 0 Å². The fourth-order valence-corrected chi connectivity index (χ4v) is 3.58. The number of benzene rings is 1. The summed E-state index contributed by atoms with van der Waals surface area (Å²) in [6, 6.07) is 5.15. The third kappa shape index (κ3) is 3.17. The molecule has 0 aliphatic carbocycles. The number of nitrogens with two attached hydrogens (primary N) is 1. The summed E-state index contributed by atoms with van der Waals surface area (Å²) in [5.74, 6) is 0. The summed E-state index contributed by atoms with van der Waals surface area (Å²) >= 11 is 0. The Morgan fingerprint density at radius 2 is 1.83 bits per heavy atom. The average Bonchev–Trinajstić information content (AvgIpc) is 3.04. The highest BCUT2D eigenvalue weighted by Crippen LogP contribution is 2.34. The van der Waals surface area contributed by atoms with Crippen LogP contribution in [0.2, 0.25) is 0 Å². The molecule has 0 radical (unpaired) electrons. The second kappa shape index (κ2) is 5.95. The molecule has 3 nitrogen and oxygen atoms in total. The van der Waals surface area contributed by atoms with E-state index in [4.69, 9.17) is 5.73 Å². The Hall–Kier alpha value is -1.32. The summed E-state index contributed by atoms with van der Waals surface area (Å²) in [5, 5.41) is 1.42. The van der Waals surface area contributed by atoms with E-state index in [1.807, 2.05) is 0 Å². The van der Waals surface area contributed by atoms with Crippen molar-refractivity contribution in [2.24, 2.45) is 12.8 Å². The number of aromatic nitrogens is 1. The first-order valence-corrected chi connectivity index (χ1v) is 8.90. The molecule has 0 saturated heterocycles. The molecule has 23 heavy (non-hydrogen) atoms. The van der Waals surface area contributed by atoms with Crippen molar-refractivity contribution >= 4 is 10.9 Å². The van der Waals surface area contributed by atoms with E-state index in [0.29, 0.717) is 6.04 Å². The van der Waals surface area contributed by atoms with Crippen molar-refractivity contribution in [3.63, 3.8) is 0 Å². The van der Waals surface area contributed by atoms with E-state index in [-0.39, 0.29) is 5.54 Å². The minimum atomic E-state index is 0.224. The van der Waals surface area contributed by atoms with Gasteiger partial charge in [-0.2, -0.15) is 0 Å². The zero-order chi connectivity index (χ0) is 16.8.